The second-order valence-corrected chi connectivity index (χ2v) is 7.77. The highest BCUT2D eigenvalue weighted by Gasteiger charge is 2.19. The summed E-state index contributed by atoms with van der Waals surface area (Å²) in [7, 11) is -2.35. The zero-order valence-corrected chi connectivity index (χ0v) is 16.6. The SMILES string of the molecule is CNS(=O)(=O)c1cc(NC(=O)COC(=O)[C@@H](C)Oc2ccccc2)ccc1C. The van der Waals surface area contributed by atoms with Crippen molar-refractivity contribution in [3.63, 3.8) is 0 Å². The predicted molar refractivity (Wildman–Crippen MR) is 104 cm³/mol. The first-order chi connectivity index (χ1) is 13.2. The quantitative estimate of drug-likeness (QED) is 0.648. The highest BCUT2D eigenvalue weighted by atomic mass is 32.2. The van der Waals surface area contributed by atoms with Gasteiger partial charge in [0.1, 0.15) is 5.75 Å². The van der Waals surface area contributed by atoms with Crippen LogP contribution >= 0.6 is 0 Å². The summed E-state index contributed by atoms with van der Waals surface area (Å²) >= 11 is 0. The summed E-state index contributed by atoms with van der Waals surface area (Å²) in [6.07, 6.45) is -0.887. The molecular weight excluding hydrogens is 384 g/mol. The van der Waals surface area contributed by atoms with E-state index in [2.05, 4.69) is 10.0 Å². The number of carbonyl (C=O) groups excluding carboxylic acids is 2. The van der Waals surface area contributed by atoms with Crippen molar-refractivity contribution in [2.45, 2.75) is 24.8 Å². The van der Waals surface area contributed by atoms with Crippen LogP contribution in [0.15, 0.2) is 53.4 Å². The second-order valence-electron chi connectivity index (χ2n) is 5.92. The van der Waals surface area contributed by atoms with Crippen LogP contribution in [0, 0.1) is 6.92 Å². The van der Waals surface area contributed by atoms with Gasteiger partial charge in [-0.1, -0.05) is 24.3 Å². The largest absolute Gasteiger partial charge is 0.479 e. The monoisotopic (exact) mass is 406 g/mol. The third-order valence-corrected chi connectivity index (χ3v) is 5.32. The van der Waals surface area contributed by atoms with Crippen LogP contribution in [0.4, 0.5) is 5.69 Å². The minimum atomic E-state index is -3.66. The number of amides is 1. The molecule has 0 saturated carbocycles. The van der Waals surface area contributed by atoms with Crippen molar-refractivity contribution in [3.8, 4) is 5.75 Å². The molecule has 0 aliphatic heterocycles. The summed E-state index contributed by atoms with van der Waals surface area (Å²) in [5.74, 6) is -0.785. The highest BCUT2D eigenvalue weighted by Crippen LogP contribution is 2.20. The zero-order valence-electron chi connectivity index (χ0n) is 15.8. The average molecular weight is 406 g/mol. The highest BCUT2D eigenvalue weighted by molar-refractivity contribution is 7.89. The van der Waals surface area contributed by atoms with E-state index in [0.717, 1.165) is 0 Å². The molecule has 28 heavy (non-hydrogen) atoms. The van der Waals surface area contributed by atoms with Gasteiger partial charge in [0.05, 0.1) is 4.90 Å². The van der Waals surface area contributed by atoms with Crippen LogP contribution in [-0.4, -0.2) is 40.1 Å². The van der Waals surface area contributed by atoms with Gasteiger partial charge in [-0.25, -0.2) is 17.9 Å². The van der Waals surface area contributed by atoms with Crippen molar-refractivity contribution in [2.75, 3.05) is 19.0 Å². The lowest BCUT2D eigenvalue weighted by Gasteiger charge is -2.14. The summed E-state index contributed by atoms with van der Waals surface area (Å²) in [6, 6.07) is 13.2. The number of hydrogen-bond donors (Lipinski definition) is 2. The van der Waals surface area contributed by atoms with E-state index >= 15 is 0 Å². The lowest BCUT2D eigenvalue weighted by atomic mass is 10.2. The number of sulfonamides is 1. The molecule has 0 aliphatic carbocycles. The van der Waals surface area contributed by atoms with Crippen LogP contribution in [0.25, 0.3) is 0 Å². The summed E-state index contributed by atoms with van der Waals surface area (Å²) in [5.41, 5.74) is 0.805. The van der Waals surface area contributed by atoms with Gasteiger partial charge in [0, 0.05) is 5.69 Å². The first-order valence-electron chi connectivity index (χ1n) is 8.45. The molecule has 0 unspecified atom stereocenters. The number of nitrogens with one attached hydrogen (secondary N) is 2. The number of benzene rings is 2. The summed E-state index contributed by atoms with van der Waals surface area (Å²) in [6.45, 7) is 2.64. The lowest BCUT2D eigenvalue weighted by Crippen LogP contribution is -2.29. The minimum absolute atomic E-state index is 0.0506. The van der Waals surface area contributed by atoms with Gasteiger partial charge in [0.25, 0.3) is 5.91 Å². The second kappa shape index (κ2) is 9.34. The number of ether oxygens (including phenoxy) is 2. The molecule has 150 valence electrons. The molecule has 0 bridgehead atoms. The maximum atomic E-state index is 12.0. The Morgan fingerprint density at radius 1 is 1.11 bits per heavy atom. The Labute approximate surface area is 163 Å². The number of carbonyl (C=O) groups is 2. The molecule has 0 aliphatic rings. The Balaban J connectivity index is 1.92. The zero-order chi connectivity index (χ0) is 20.7. The Morgan fingerprint density at radius 3 is 2.43 bits per heavy atom. The van der Waals surface area contributed by atoms with Gasteiger partial charge in [0.15, 0.2) is 12.7 Å². The molecule has 2 aromatic carbocycles. The molecule has 1 atom stereocenters. The van der Waals surface area contributed by atoms with Crippen molar-refractivity contribution in [1.82, 2.24) is 4.72 Å². The summed E-state index contributed by atoms with van der Waals surface area (Å²) in [4.78, 5) is 24.0. The molecule has 9 heteroatoms. The molecule has 8 nitrogen and oxygen atoms in total. The van der Waals surface area contributed by atoms with E-state index in [1.807, 2.05) is 6.07 Å². The van der Waals surface area contributed by atoms with Crippen LogP contribution in [0.2, 0.25) is 0 Å². The van der Waals surface area contributed by atoms with Gasteiger partial charge in [0.2, 0.25) is 10.0 Å². The maximum absolute atomic E-state index is 12.0. The number of anilines is 1. The predicted octanol–water partition coefficient (Wildman–Crippen LogP) is 1.85. The van der Waals surface area contributed by atoms with Crippen molar-refractivity contribution in [1.29, 1.82) is 0 Å². The molecule has 2 aromatic rings. The molecule has 2 rings (SSSR count). The van der Waals surface area contributed by atoms with Gasteiger partial charge in [-0.15, -0.1) is 0 Å². The smallest absolute Gasteiger partial charge is 0.347 e. The average Bonchev–Trinajstić information content (AvgIpc) is 2.68. The van der Waals surface area contributed by atoms with Crippen molar-refractivity contribution < 1.29 is 27.5 Å². The molecule has 0 saturated heterocycles. The number of rotatable bonds is 8. The fraction of sp³-hybridized carbons (Fsp3) is 0.263. The van der Waals surface area contributed by atoms with Gasteiger partial charge in [-0.05, 0) is 50.7 Å². The fourth-order valence-corrected chi connectivity index (χ4v) is 3.27. The van der Waals surface area contributed by atoms with Crippen LogP contribution in [0.5, 0.6) is 5.75 Å². The summed E-state index contributed by atoms with van der Waals surface area (Å²) < 4.78 is 36.6. The normalized spacial score (nSPS) is 12.1. The molecule has 0 fully saturated rings. The molecule has 0 aromatic heterocycles. The van der Waals surface area contributed by atoms with Crippen LogP contribution in [-0.2, 0) is 24.3 Å². The fourth-order valence-electron chi connectivity index (χ4n) is 2.28. The van der Waals surface area contributed by atoms with Crippen LogP contribution in [0.3, 0.4) is 0 Å². The topological polar surface area (TPSA) is 111 Å². The molecule has 0 radical (unpaired) electrons. The molecule has 0 spiro atoms. The van der Waals surface area contributed by atoms with Crippen molar-refractivity contribution in [3.05, 3.63) is 54.1 Å². The van der Waals surface area contributed by atoms with E-state index < -0.39 is 34.6 Å². The van der Waals surface area contributed by atoms with E-state index in [1.165, 1.54) is 20.0 Å². The van der Waals surface area contributed by atoms with Gasteiger partial charge >= 0.3 is 5.97 Å². The first kappa shape index (κ1) is 21.4. The van der Waals surface area contributed by atoms with Crippen LogP contribution < -0.4 is 14.8 Å². The van der Waals surface area contributed by atoms with E-state index in [-0.39, 0.29) is 10.6 Å². The van der Waals surface area contributed by atoms with E-state index in [9.17, 15) is 18.0 Å². The molecule has 0 heterocycles. The lowest BCUT2D eigenvalue weighted by molar-refractivity contribution is -0.153. The van der Waals surface area contributed by atoms with Crippen molar-refractivity contribution in [2.24, 2.45) is 0 Å². The Bertz CT molecular complexity index is 944. The van der Waals surface area contributed by atoms with E-state index in [0.29, 0.717) is 11.3 Å². The van der Waals surface area contributed by atoms with Gasteiger partial charge in [-0.2, -0.15) is 0 Å². The third kappa shape index (κ3) is 5.80. The summed E-state index contributed by atoms with van der Waals surface area (Å²) in [5, 5.41) is 2.50. The van der Waals surface area contributed by atoms with Gasteiger partial charge < -0.3 is 14.8 Å². The molecule has 1 amide bonds. The first-order valence-corrected chi connectivity index (χ1v) is 9.93. The Morgan fingerprint density at radius 2 is 1.79 bits per heavy atom. The maximum Gasteiger partial charge on any atom is 0.347 e. The molecule has 2 N–H and O–H groups in total. The van der Waals surface area contributed by atoms with Crippen LogP contribution in [0.1, 0.15) is 12.5 Å². The molecular formula is C19H22N2O6S. The Kier molecular flexibility index (Phi) is 7.13. The number of aryl methyl sites for hydroxylation is 1. The Hall–Kier alpha value is -2.91. The third-order valence-electron chi connectivity index (χ3n) is 3.76. The number of para-hydroxylation sites is 1. The van der Waals surface area contributed by atoms with E-state index in [4.69, 9.17) is 9.47 Å². The van der Waals surface area contributed by atoms with E-state index in [1.54, 1.807) is 43.3 Å². The standard InChI is InChI=1S/C19H22N2O6S/c1-13-9-10-15(11-17(13)28(24,25)20-3)21-18(22)12-26-19(23)14(2)27-16-7-5-4-6-8-16/h4-11,14,20H,12H2,1-3H3,(H,21,22)/t14-/m1/s1. The van der Waals surface area contributed by atoms with Gasteiger partial charge in [-0.3, -0.25) is 4.79 Å². The number of hydrogen-bond acceptors (Lipinski definition) is 6. The minimum Gasteiger partial charge on any atom is -0.479 e. The number of esters is 1. The van der Waals surface area contributed by atoms with Crippen molar-refractivity contribution >= 4 is 27.6 Å².